The van der Waals surface area contributed by atoms with E-state index in [4.69, 9.17) is 4.74 Å². The molecule has 15 rings (SSSR count). The van der Waals surface area contributed by atoms with E-state index in [-0.39, 0.29) is 0 Å². The fourth-order valence-corrected chi connectivity index (χ4v) is 14.0. The van der Waals surface area contributed by atoms with Gasteiger partial charge in [-0.3, -0.25) is 0 Å². The number of ether oxygens (including phenoxy) is 1. The van der Waals surface area contributed by atoms with Crippen LogP contribution in [-0.4, -0.2) is 0 Å². The van der Waals surface area contributed by atoms with Crippen LogP contribution in [-0.2, 0) is 10.8 Å². The normalized spacial score (nSPS) is 14.4. The number of fused-ring (bicyclic) bond motifs is 19. The first-order valence-electron chi connectivity index (χ1n) is 23.8. The number of hydrogen-bond acceptors (Lipinski definition) is 3. The van der Waals surface area contributed by atoms with Gasteiger partial charge in [0.05, 0.1) is 22.2 Å². The maximum absolute atomic E-state index is 6.80. The second-order valence-electron chi connectivity index (χ2n) is 18.6. The summed E-state index contributed by atoms with van der Waals surface area (Å²) < 4.78 is 6.80. The Morgan fingerprint density at radius 3 is 1.57 bits per heavy atom. The average Bonchev–Trinajstić information content (AvgIpc) is 3.86. The van der Waals surface area contributed by atoms with Crippen molar-refractivity contribution in [2.24, 2.45) is 0 Å². The molecule has 2 spiro atoms. The fraction of sp³-hybridized carbons (Fsp3) is 0.0303. The summed E-state index contributed by atoms with van der Waals surface area (Å²) in [5.41, 5.74) is 19.6. The van der Waals surface area contributed by atoms with Crippen molar-refractivity contribution in [2.75, 3.05) is 4.90 Å². The number of nitrogens with zero attached hydrogens (tertiary/aromatic N) is 1. The first-order chi connectivity index (χ1) is 34.2. The fourth-order valence-electron chi connectivity index (χ4n) is 12.8. The van der Waals surface area contributed by atoms with E-state index in [1.807, 2.05) is 11.8 Å². The van der Waals surface area contributed by atoms with Crippen LogP contribution in [0, 0.1) is 0 Å². The summed E-state index contributed by atoms with van der Waals surface area (Å²) in [6.07, 6.45) is 0. The van der Waals surface area contributed by atoms with E-state index >= 15 is 0 Å². The lowest BCUT2D eigenvalue weighted by atomic mass is 9.66. The smallest absolute Gasteiger partial charge is 0.132 e. The second kappa shape index (κ2) is 14.6. The summed E-state index contributed by atoms with van der Waals surface area (Å²) in [5.74, 6) is 1.77. The maximum Gasteiger partial charge on any atom is 0.132 e. The van der Waals surface area contributed by atoms with Gasteiger partial charge in [0.2, 0.25) is 0 Å². The lowest BCUT2D eigenvalue weighted by Gasteiger charge is -2.40. The average molecular weight is 896 g/mol. The topological polar surface area (TPSA) is 12.5 Å². The molecule has 69 heavy (non-hydrogen) atoms. The summed E-state index contributed by atoms with van der Waals surface area (Å²) >= 11 is 1.89. The summed E-state index contributed by atoms with van der Waals surface area (Å²) in [7, 11) is 0. The Labute approximate surface area is 405 Å². The Bertz CT molecular complexity index is 3850. The van der Waals surface area contributed by atoms with Gasteiger partial charge in [-0.2, -0.15) is 0 Å². The molecular weight excluding hydrogens is 855 g/mol. The minimum Gasteiger partial charge on any atom is -0.457 e. The van der Waals surface area contributed by atoms with Gasteiger partial charge in [-0.25, -0.2) is 0 Å². The Hall–Kier alpha value is -8.37. The van der Waals surface area contributed by atoms with Gasteiger partial charge in [-0.05, 0) is 110 Å². The van der Waals surface area contributed by atoms with E-state index in [1.54, 1.807) is 0 Å². The predicted molar refractivity (Wildman–Crippen MR) is 283 cm³/mol. The van der Waals surface area contributed by atoms with Crippen LogP contribution in [0.25, 0.3) is 44.2 Å². The highest BCUT2D eigenvalue weighted by Crippen LogP contribution is 2.67. The van der Waals surface area contributed by atoms with Crippen molar-refractivity contribution in [3.05, 3.63) is 293 Å². The minimum absolute atomic E-state index is 0.563. The first kappa shape index (κ1) is 38.7. The summed E-state index contributed by atoms with van der Waals surface area (Å²) in [5, 5.41) is 2.39. The molecule has 0 amide bonds. The minimum atomic E-state index is -0.636. The van der Waals surface area contributed by atoms with Crippen molar-refractivity contribution in [3.63, 3.8) is 0 Å². The number of hydrogen-bond donors (Lipinski definition) is 0. The van der Waals surface area contributed by atoms with Crippen LogP contribution in [0.5, 0.6) is 11.5 Å². The third-order valence-corrected chi connectivity index (χ3v) is 16.5. The van der Waals surface area contributed by atoms with Crippen molar-refractivity contribution >= 4 is 39.6 Å². The largest absolute Gasteiger partial charge is 0.457 e. The molecule has 0 saturated heterocycles. The Morgan fingerprint density at radius 2 is 0.855 bits per heavy atom. The monoisotopic (exact) mass is 895 g/mol. The number of rotatable bonds is 4. The highest BCUT2D eigenvalue weighted by Gasteiger charge is 2.53. The molecule has 322 valence electrons. The summed E-state index contributed by atoms with van der Waals surface area (Å²) in [4.78, 5) is 5.20. The van der Waals surface area contributed by atoms with Gasteiger partial charge in [0, 0.05) is 43.1 Å². The van der Waals surface area contributed by atoms with Gasteiger partial charge in [-0.15, -0.1) is 0 Å². The highest BCUT2D eigenvalue weighted by atomic mass is 32.2. The number of anilines is 3. The quantitative estimate of drug-likeness (QED) is 0.175. The molecule has 2 aliphatic carbocycles. The van der Waals surface area contributed by atoms with Crippen LogP contribution in [0.1, 0.15) is 44.5 Å². The van der Waals surface area contributed by atoms with Crippen LogP contribution >= 0.6 is 11.8 Å². The van der Waals surface area contributed by atoms with E-state index in [2.05, 4.69) is 254 Å². The number of para-hydroxylation sites is 3. The van der Waals surface area contributed by atoms with Gasteiger partial charge < -0.3 is 9.64 Å². The van der Waals surface area contributed by atoms with Crippen molar-refractivity contribution < 1.29 is 4.74 Å². The lowest BCUT2D eigenvalue weighted by Crippen LogP contribution is -2.32. The Balaban J connectivity index is 1.10. The third-order valence-electron chi connectivity index (χ3n) is 15.4. The van der Waals surface area contributed by atoms with E-state index in [0.717, 1.165) is 45.1 Å². The Morgan fingerprint density at radius 1 is 0.348 bits per heavy atom. The molecule has 4 aliphatic rings. The summed E-state index contributed by atoms with van der Waals surface area (Å²) in [6, 6.07) is 92.6. The van der Waals surface area contributed by atoms with Gasteiger partial charge in [0.15, 0.2) is 0 Å². The molecule has 11 aromatic rings. The van der Waals surface area contributed by atoms with Crippen molar-refractivity contribution in [3.8, 4) is 44.9 Å². The molecule has 2 aliphatic heterocycles. The van der Waals surface area contributed by atoms with E-state index in [0.29, 0.717) is 0 Å². The third kappa shape index (κ3) is 5.12. The lowest BCUT2D eigenvalue weighted by molar-refractivity contribution is 0.436. The Kier molecular flexibility index (Phi) is 8.17. The molecular formula is C66H41NOS. The molecule has 2 nitrogen and oxygen atoms in total. The zero-order valence-electron chi connectivity index (χ0n) is 37.4. The van der Waals surface area contributed by atoms with Crippen molar-refractivity contribution in [1.29, 1.82) is 0 Å². The van der Waals surface area contributed by atoms with Gasteiger partial charge in [0.1, 0.15) is 11.5 Å². The van der Waals surface area contributed by atoms with Crippen LogP contribution < -0.4 is 9.64 Å². The van der Waals surface area contributed by atoms with E-state index in [9.17, 15) is 0 Å². The van der Waals surface area contributed by atoms with Crippen molar-refractivity contribution in [1.82, 2.24) is 0 Å². The SMILES string of the molecule is c1ccc(-c2ccccc2N(c2ccc3c(c2)C2(c4ccccc4Oc4ccccc42)c2ccccc2-3)c2c3c(cc4ccccc24)C2(c4ccccc4Sc4ccccc42)c2ccccc2-3)cc1. The van der Waals surface area contributed by atoms with Gasteiger partial charge in [-0.1, -0.05) is 212 Å². The molecule has 0 bridgehead atoms. The standard InChI is InChI=1S/C66H41NOS/c1-2-20-42(21-3-1)45-23-8-15-33-58(45)67(44-38-39-48-47-25-6-9-27-50(47)65(56(48)41-44)52-29-11-16-34-59(52)68-60-35-17-12-30-53(60)65)64-46-24-5-4-22-43(46)40-57-63(64)49-26-7-10-28-51(49)66(57)54-31-13-18-36-61(54)69-62-37-19-14-32-55(62)66/h1-41H. The van der Waals surface area contributed by atoms with Crippen LogP contribution in [0.15, 0.2) is 259 Å². The summed E-state index contributed by atoms with van der Waals surface area (Å²) in [6.45, 7) is 0. The highest BCUT2D eigenvalue weighted by molar-refractivity contribution is 7.99. The van der Waals surface area contributed by atoms with Crippen LogP contribution in [0.4, 0.5) is 17.1 Å². The molecule has 0 radical (unpaired) electrons. The molecule has 0 saturated carbocycles. The zero-order chi connectivity index (χ0) is 45.3. The van der Waals surface area contributed by atoms with Crippen LogP contribution in [0.2, 0.25) is 0 Å². The van der Waals surface area contributed by atoms with E-state index in [1.165, 1.54) is 81.9 Å². The first-order valence-corrected chi connectivity index (χ1v) is 24.6. The van der Waals surface area contributed by atoms with E-state index < -0.39 is 10.8 Å². The molecule has 0 aromatic heterocycles. The maximum atomic E-state index is 6.80. The zero-order valence-corrected chi connectivity index (χ0v) is 38.3. The van der Waals surface area contributed by atoms with Gasteiger partial charge >= 0.3 is 0 Å². The number of benzene rings is 11. The molecule has 0 fully saturated rings. The van der Waals surface area contributed by atoms with Gasteiger partial charge in [0.25, 0.3) is 0 Å². The predicted octanol–water partition coefficient (Wildman–Crippen LogP) is 17.3. The van der Waals surface area contributed by atoms with Crippen LogP contribution in [0.3, 0.4) is 0 Å². The molecule has 0 unspecified atom stereocenters. The molecule has 0 atom stereocenters. The molecule has 0 N–H and O–H groups in total. The molecule has 2 heterocycles. The molecule has 3 heteroatoms. The second-order valence-corrected chi connectivity index (χ2v) is 19.7. The van der Waals surface area contributed by atoms with Crippen molar-refractivity contribution in [2.45, 2.75) is 20.6 Å². The molecule has 11 aromatic carbocycles.